The molecule has 0 radical (unpaired) electrons. The zero-order valence-electron chi connectivity index (χ0n) is 35.2. The van der Waals surface area contributed by atoms with Gasteiger partial charge in [0.15, 0.2) is 11.4 Å². The summed E-state index contributed by atoms with van der Waals surface area (Å²) in [4.78, 5) is 42.5. The van der Waals surface area contributed by atoms with Crippen LogP contribution in [0.3, 0.4) is 0 Å². The number of hydroxylamine groups is 2. The molecule has 0 spiro atoms. The van der Waals surface area contributed by atoms with Crippen molar-refractivity contribution in [1.82, 2.24) is 5.06 Å². The van der Waals surface area contributed by atoms with Gasteiger partial charge in [-0.15, -0.1) is 45.5 Å². The number of rotatable bonds is 12. The van der Waals surface area contributed by atoms with Crippen molar-refractivity contribution in [2.24, 2.45) is 0 Å². The van der Waals surface area contributed by atoms with Crippen LogP contribution in [0.4, 0.5) is 11.4 Å². The number of anilines is 1. The summed E-state index contributed by atoms with van der Waals surface area (Å²) in [6.07, 6.45) is 11.5. The van der Waals surface area contributed by atoms with E-state index in [-0.39, 0.29) is 132 Å². The van der Waals surface area contributed by atoms with Crippen LogP contribution in [-0.2, 0) is 50.3 Å². The Bertz CT molecular complexity index is 2810. The number of fused-ring (bicyclic) bond motifs is 6. The predicted molar refractivity (Wildman–Crippen MR) is 218 cm³/mol. The molecule has 13 nitrogen and oxygen atoms in total. The summed E-state index contributed by atoms with van der Waals surface area (Å²) in [5, 5.41) is 2.80. The fraction of sp³-hybridized carbons (Fsp3) is 0.318. The van der Waals surface area contributed by atoms with Gasteiger partial charge in [-0.05, 0) is 54.7 Å². The Kier molecular flexibility index (Phi) is 15.6. The number of benzene rings is 4. The number of hydrogen-bond donors (Lipinski definition) is 0. The van der Waals surface area contributed by atoms with Crippen LogP contribution in [0.1, 0.15) is 77.3 Å². The molecule has 4 aromatic rings. The summed E-state index contributed by atoms with van der Waals surface area (Å²) in [6, 6.07) is 18.6. The van der Waals surface area contributed by atoms with Crippen molar-refractivity contribution < 1.29 is 153 Å². The molecular formula is C44H42K2N3O10S2-. The Morgan fingerprint density at radius 2 is 1.54 bits per heavy atom. The average Bonchev–Trinajstić information content (AvgIpc) is 3.67. The van der Waals surface area contributed by atoms with Gasteiger partial charge in [-0.1, -0.05) is 55.5 Å². The van der Waals surface area contributed by atoms with Crippen molar-refractivity contribution in [3.63, 3.8) is 0 Å². The van der Waals surface area contributed by atoms with Crippen LogP contribution in [-0.4, -0.2) is 72.7 Å². The van der Waals surface area contributed by atoms with E-state index in [0.717, 1.165) is 33.9 Å². The van der Waals surface area contributed by atoms with Crippen LogP contribution >= 0.6 is 0 Å². The number of carbonyl (C=O) groups excluding carboxylic acids is 3. The molecule has 2 amide bonds. The fourth-order valence-corrected chi connectivity index (χ4v) is 9.77. The maximum Gasteiger partial charge on any atom is 1.00 e. The number of carbonyl (C=O) groups is 3. The van der Waals surface area contributed by atoms with Crippen LogP contribution in [0.15, 0.2) is 94.4 Å². The first-order chi connectivity index (χ1) is 27.7. The number of unbranched alkanes of at least 4 members (excludes halogenated alkanes) is 2. The van der Waals surface area contributed by atoms with E-state index in [1.165, 1.54) is 18.2 Å². The first-order valence-electron chi connectivity index (χ1n) is 19.1. The molecule has 308 valence electrons. The third-order valence-corrected chi connectivity index (χ3v) is 13.1. The first kappa shape index (κ1) is 49.8. The SMILES string of the molecule is C[N+]1=C(/C=C/C=C/C=C2/N(CCCCCC(=O)ON3C(=O)CCC3=O)c3ccc4c(S(=O)(=O)[O-])c[c-]cc4c3C2(C)C)C(C)(C)c2c1ccc1[c-]cc(S(=O)(=O)[O-])cc21.[K+].[K+]. The maximum absolute atomic E-state index is 12.4. The largest absolute Gasteiger partial charge is 1.00 e. The van der Waals surface area contributed by atoms with E-state index in [1.54, 1.807) is 12.1 Å². The Balaban J connectivity index is 0.00000352. The number of amides is 2. The molecule has 61 heavy (non-hydrogen) atoms. The van der Waals surface area contributed by atoms with Crippen molar-refractivity contribution in [3.05, 3.63) is 108 Å². The van der Waals surface area contributed by atoms with Crippen LogP contribution in [0, 0.1) is 12.1 Å². The molecule has 0 saturated carbocycles. The van der Waals surface area contributed by atoms with Crippen molar-refractivity contribution in [2.75, 3.05) is 18.5 Å². The van der Waals surface area contributed by atoms with E-state index in [2.05, 4.69) is 17.0 Å². The van der Waals surface area contributed by atoms with Crippen molar-refractivity contribution in [1.29, 1.82) is 0 Å². The Morgan fingerprint density at radius 1 is 0.836 bits per heavy atom. The summed E-state index contributed by atoms with van der Waals surface area (Å²) in [7, 11) is -7.53. The number of imide groups is 1. The smallest absolute Gasteiger partial charge is 0.754 e. The molecule has 0 aromatic heterocycles. The molecule has 3 aliphatic heterocycles. The van der Waals surface area contributed by atoms with Gasteiger partial charge in [0, 0.05) is 54.2 Å². The Labute approximate surface area is 441 Å². The van der Waals surface area contributed by atoms with Crippen molar-refractivity contribution in [3.8, 4) is 0 Å². The molecule has 17 heteroatoms. The molecule has 1 saturated heterocycles. The number of allylic oxidation sites excluding steroid dienone is 6. The third-order valence-electron chi connectivity index (χ3n) is 11.4. The summed E-state index contributed by atoms with van der Waals surface area (Å²) in [5.74, 6) is -1.72. The Morgan fingerprint density at radius 3 is 2.21 bits per heavy atom. The third kappa shape index (κ3) is 9.76. The summed E-state index contributed by atoms with van der Waals surface area (Å²) >= 11 is 0. The van der Waals surface area contributed by atoms with Gasteiger partial charge in [0.1, 0.15) is 7.05 Å². The first-order valence-corrected chi connectivity index (χ1v) is 21.9. The molecule has 0 atom stereocenters. The average molecular weight is 915 g/mol. The minimum atomic E-state index is -4.78. The second kappa shape index (κ2) is 19.1. The van der Waals surface area contributed by atoms with Gasteiger partial charge < -0.3 is 18.8 Å². The van der Waals surface area contributed by atoms with E-state index in [9.17, 15) is 40.3 Å². The predicted octanol–water partition coefficient (Wildman–Crippen LogP) is 0.377. The minimum absolute atomic E-state index is 0. The van der Waals surface area contributed by atoms with Crippen LogP contribution < -0.4 is 108 Å². The van der Waals surface area contributed by atoms with Gasteiger partial charge in [0.2, 0.25) is 0 Å². The molecule has 0 N–H and O–H groups in total. The van der Waals surface area contributed by atoms with E-state index in [0.29, 0.717) is 52.4 Å². The van der Waals surface area contributed by atoms with E-state index >= 15 is 0 Å². The van der Waals surface area contributed by atoms with Gasteiger partial charge >= 0.3 is 109 Å². The van der Waals surface area contributed by atoms with Gasteiger partial charge in [0.05, 0.1) is 25.7 Å². The number of hydrogen-bond acceptors (Lipinski definition) is 11. The topological polar surface area (TPSA) is 184 Å². The normalized spacial score (nSPS) is 17.8. The van der Waals surface area contributed by atoms with Crippen LogP contribution in [0.2, 0.25) is 0 Å². The van der Waals surface area contributed by atoms with E-state index in [1.807, 2.05) is 87.9 Å². The van der Waals surface area contributed by atoms with Crippen molar-refractivity contribution in [2.45, 2.75) is 86.8 Å². The zero-order valence-corrected chi connectivity index (χ0v) is 43.1. The molecule has 1 fully saturated rings. The maximum atomic E-state index is 12.4. The van der Waals surface area contributed by atoms with Crippen LogP contribution in [0.5, 0.6) is 0 Å². The van der Waals surface area contributed by atoms with Crippen molar-refractivity contribution >= 4 is 76.7 Å². The van der Waals surface area contributed by atoms with Gasteiger partial charge in [-0.2, -0.15) is 22.8 Å². The molecular weight excluding hydrogens is 873 g/mol. The minimum Gasteiger partial charge on any atom is -0.754 e. The second-order valence-corrected chi connectivity index (χ2v) is 18.6. The molecule has 4 aromatic carbocycles. The number of nitrogens with zero attached hydrogens (tertiary/aromatic N) is 3. The van der Waals surface area contributed by atoms with E-state index in [4.69, 9.17) is 4.84 Å². The molecule has 0 unspecified atom stereocenters. The van der Waals surface area contributed by atoms with Crippen LogP contribution in [0.25, 0.3) is 21.5 Å². The fourth-order valence-electron chi connectivity index (χ4n) is 8.65. The summed E-state index contributed by atoms with van der Waals surface area (Å²) in [5.41, 5.74) is 4.09. The van der Waals surface area contributed by atoms with Gasteiger partial charge in [0.25, 0.3) is 11.8 Å². The monoisotopic (exact) mass is 914 g/mol. The van der Waals surface area contributed by atoms with Gasteiger partial charge in [-0.25, -0.2) is 13.2 Å². The quantitative estimate of drug-likeness (QED) is 0.0364. The summed E-state index contributed by atoms with van der Waals surface area (Å²) < 4.78 is 74.3. The zero-order chi connectivity index (χ0) is 42.7. The summed E-state index contributed by atoms with van der Waals surface area (Å²) in [6.45, 7) is 8.68. The Hall–Kier alpha value is -2.21. The molecule has 0 bridgehead atoms. The van der Waals surface area contributed by atoms with E-state index < -0.39 is 48.8 Å². The molecule has 7 rings (SSSR count). The molecule has 0 aliphatic carbocycles. The standard InChI is InChI=1S/C44H44N3O10S2.2K/c1-43(2)36(45(5)33-22-19-28-18-20-29(58(51,52)53)27-32(28)42(33)43)15-8-6-9-16-37-44(3,4)41-31-13-12-14-35(59(54,55)56)30(31)21-23-34(41)46(37)26-11-7-10-17-40(50)57-47-38(48)24-25-39(47)49;;/h6,8-9,13-16,19-23,27H,7,10-11,17,24-26H2,1-5H3,(H,51,52,53)(H,54,55,56);;/q-1;2*+1/p-2. The molecule has 3 heterocycles. The molecule has 3 aliphatic rings. The second-order valence-electron chi connectivity index (χ2n) is 15.9. The van der Waals surface area contributed by atoms with Gasteiger partial charge in [-0.3, -0.25) is 18.0 Å².